The summed E-state index contributed by atoms with van der Waals surface area (Å²) in [7, 11) is 1.68. The van der Waals surface area contributed by atoms with Crippen LogP contribution < -0.4 is 10.1 Å². The van der Waals surface area contributed by atoms with E-state index in [-0.39, 0.29) is 23.7 Å². The molecule has 4 nitrogen and oxygen atoms in total. The fourth-order valence-electron chi connectivity index (χ4n) is 5.04. The van der Waals surface area contributed by atoms with Crippen LogP contribution in [0.4, 0.5) is 0 Å². The number of nitrogens with one attached hydrogen (secondary N) is 1. The van der Waals surface area contributed by atoms with E-state index in [1.807, 2.05) is 6.07 Å². The van der Waals surface area contributed by atoms with Gasteiger partial charge in [-0.25, -0.2) is 0 Å². The summed E-state index contributed by atoms with van der Waals surface area (Å²) in [6, 6.07) is 14.8. The second-order valence-electron chi connectivity index (χ2n) is 8.04. The zero-order valence-electron chi connectivity index (χ0n) is 16.2. The van der Waals surface area contributed by atoms with Gasteiger partial charge in [-0.3, -0.25) is 4.79 Å². The molecule has 142 valence electrons. The van der Waals surface area contributed by atoms with Crippen molar-refractivity contribution >= 4 is 5.91 Å². The summed E-state index contributed by atoms with van der Waals surface area (Å²) in [4.78, 5) is 12.4. The molecule has 0 aromatic heterocycles. The highest BCUT2D eigenvalue weighted by Gasteiger charge is 2.56. The van der Waals surface area contributed by atoms with E-state index in [1.165, 1.54) is 22.3 Å². The van der Waals surface area contributed by atoms with Crippen LogP contribution in [-0.2, 0) is 4.79 Å². The molecule has 1 aliphatic heterocycles. The van der Waals surface area contributed by atoms with Crippen LogP contribution in [0.5, 0.6) is 5.75 Å². The fourth-order valence-corrected chi connectivity index (χ4v) is 5.04. The molecule has 4 rings (SSSR count). The highest BCUT2D eigenvalue weighted by molar-refractivity contribution is 5.88. The van der Waals surface area contributed by atoms with Gasteiger partial charge < -0.3 is 15.2 Å². The van der Waals surface area contributed by atoms with Gasteiger partial charge in [0.1, 0.15) is 11.4 Å². The Kier molecular flexibility index (Phi) is 4.47. The number of rotatable bonds is 3. The monoisotopic (exact) mass is 365 g/mol. The first-order valence-corrected chi connectivity index (χ1v) is 9.66. The van der Waals surface area contributed by atoms with Crippen LogP contribution in [0.25, 0.3) is 0 Å². The predicted octanol–water partition coefficient (Wildman–Crippen LogP) is 3.45. The van der Waals surface area contributed by atoms with Crippen molar-refractivity contribution in [2.75, 3.05) is 13.7 Å². The van der Waals surface area contributed by atoms with Crippen LogP contribution in [0.15, 0.2) is 42.5 Å². The van der Waals surface area contributed by atoms with E-state index in [0.717, 1.165) is 12.2 Å². The lowest BCUT2D eigenvalue weighted by atomic mass is 9.61. The number of aliphatic hydroxyl groups is 1. The van der Waals surface area contributed by atoms with Crippen LogP contribution in [-0.4, -0.2) is 30.3 Å². The Bertz CT molecular complexity index is 860. The van der Waals surface area contributed by atoms with Crippen molar-refractivity contribution < 1.29 is 14.6 Å². The summed E-state index contributed by atoms with van der Waals surface area (Å²) in [6.45, 7) is 4.72. The summed E-state index contributed by atoms with van der Waals surface area (Å²) in [5.41, 5.74) is 3.62. The minimum Gasteiger partial charge on any atom is -0.497 e. The van der Waals surface area contributed by atoms with Crippen LogP contribution in [0.1, 0.15) is 46.9 Å². The van der Waals surface area contributed by atoms with Crippen molar-refractivity contribution in [3.05, 3.63) is 64.7 Å². The van der Waals surface area contributed by atoms with E-state index >= 15 is 0 Å². The normalized spacial score (nSPS) is 29.9. The van der Waals surface area contributed by atoms with Gasteiger partial charge >= 0.3 is 0 Å². The zero-order chi connectivity index (χ0) is 19.2. The lowest BCUT2D eigenvalue weighted by Crippen LogP contribution is -2.49. The number of fused-ring (bicyclic) bond motifs is 1. The van der Waals surface area contributed by atoms with Gasteiger partial charge in [0.2, 0.25) is 0 Å². The number of amides is 1. The molecule has 0 bridgehead atoms. The Balaban J connectivity index is 1.80. The van der Waals surface area contributed by atoms with Gasteiger partial charge in [-0.1, -0.05) is 35.9 Å². The van der Waals surface area contributed by atoms with Gasteiger partial charge in [0.15, 0.2) is 0 Å². The second kappa shape index (κ2) is 6.68. The molecule has 2 aromatic rings. The van der Waals surface area contributed by atoms with Crippen molar-refractivity contribution in [3.63, 3.8) is 0 Å². The molecular formula is C23H27NO3. The molecule has 27 heavy (non-hydrogen) atoms. The Labute approximate surface area is 160 Å². The van der Waals surface area contributed by atoms with Crippen LogP contribution >= 0.6 is 0 Å². The molecule has 1 heterocycles. The number of benzene rings is 2. The van der Waals surface area contributed by atoms with Crippen LogP contribution in [0.3, 0.4) is 0 Å². The van der Waals surface area contributed by atoms with Crippen molar-refractivity contribution in [2.45, 2.75) is 44.1 Å². The van der Waals surface area contributed by atoms with Crippen LogP contribution in [0, 0.1) is 19.8 Å². The predicted molar refractivity (Wildman–Crippen MR) is 105 cm³/mol. The summed E-state index contributed by atoms with van der Waals surface area (Å²) in [5, 5.41) is 14.1. The molecule has 4 heteroatoms. The summed E-state index contributed by atoms with van der Waals surface area (Å²) in [6.07, 6.45) is 1.29. The minimum atomic E-state index is -1.26. The number of aryl methyl sites for hydroxylation is 2. The molecule has 1 unspecified atom stereocenters. The van der Waals surface area contributed by atoms with E-state index in [2.05, 4.69) is 55.6 Å². The third-order valence-corrected chi connectivity index (χ3v) is 6.53. The minimum absolute atomic E-state index is 0.0930. The molecule has 0 spiro atoms. The average Bonchev–Trinajstić information content (AvgIpc) is 2.97. The quantitative estimate of drug-likeness (QED) is 0.876. The summed E-state index contributed by atoms with van der Waals surface area (Å²) < 4.78 is 5.37. The second-order valence-corrected chi connectivity index (χ2v) is 8.04. The molecule has 1 amide bonds. The van der Waals surface area contributed by atoms with Gasteiger partial charge in [0.05, 0.1) is 7.11 Å². The van der Waals surface area contributed by atoms with E-state index in [4.69, 9.17) is 4.74 Å². The van der Waals surface area contributed by atoms with Gasteiger partial charge in [0, 0.05) is 12.5 Å². The first-order valence-electron chi connectivity index (χ1n) is 9.66. The number of hydrogen-bond acceptors (Lipinski definition) is 3. The maximum atomic E-state index is 12.4. The number of ether oxygens (including phenoxy) is 1. The lowest BCUT2D eigenvalue weighted by molar-refractivity contribution is -0.142. The fraction of sp³-hybridized carbons (Fsp3) is 0.435. The van der Waals surface area contributed by atoms with Gasteiger partial charge in [-0.2, -0.15) is 0 Å². The number of carbonyl (C=O) groups excluding carboxylic acids is 1. The van der Waals surface area contributed by atoms with E-state index < -0.39 is 5.60 Å². The third-order valence-electron chi connectivity index (χ3n) is 6.53. The van der Waals surface area contributed by atoms with Gasteiger partial charge in [-0.15, -0.1) is 0 Å². The standard InChI is InChI=1S/C23H27NO3/c1-14-4-6-16(7-5-14)21-19(18-9-8-17(27-3)12-15(18)2)10-11-23(26)20(21)13-24-22(23)25/h4-9,12,19-21,26H,10-11,13H2,1-3H3,(H,24,25)/t19-,20-,21?,23-/m0/s1. The number of methoxy groups -OCH3 is 1. The molecule has 4 atom stereocenters. The average molecular weight is 365 g/mol. The Hall–Kier alpha value is -2.33. The summed E-state index contributed by atoms with van der Waals surface area (Å²) in [5.74, 6) is 0.877. The van der Waals surface area contributed by atoms with Gasteiger partial charge in [0.25, 0.3) is 5.91 Å². The SMILES string of the molecule is COc1ccc([C@@H]2CC[C@@]3(O)C(=O)NC[C@H]3C2c2ccc(C)cc2)c(C)c1. The molecule has 2 aliphatic rings. The molecule has 1 saturated heterocycles. The Morgan fingerprint density at radius 2 is 1.89 bits per heavy atom. The molecular weight excluding hydrogens is 338 g/mol. The molecule has 2 fully saturated rings. The highest BCUT2D eigenvalue weighted by Crippen LogP contribution is 2.53. The zero-order valence-corrected chi connectivity index (χ0v) is 16.2. The van der Waals surface area contributed by atoms with E-state index in [0.29, 0.717) is 13.0 Å². The Morgan fingerprint density at radius 1 is 1.15 bits per heavy atom. The number of hydrogen-bond donors (Lipinski definition) is 2. The first-order chi connectivity index (χ1) is 12.9. The molecule has 1 saturated carbocycles. The maximum Gasteiger partial charge on any atom is 0.252 e. The Morgan fingerprint density at radius 3 is 2.56 bits per heavy atom. The highest BCUT2D eigenvalue weighted by atomic mass is 16.5. The van der Waals surface area contributed by atoms with E-state index in [1.54, 1.807) is 7.11 Å². The maximum absolute atomic E-state index is 12.4. The molecule has 0 radical (unpaired) electrons. The smallest absolute Gasteiger partial charge is 0.252 e. The van der Waals surface area contributed by atoms with Crippen molar-refractivity contribution in [2.24, 2.45) is 5.92 Å². The van der Waals surface area contributed by atoms with Crippen LogP contribution in [0.2, 0.25) is 0 Å². The van der Waals surface area contributed by atoms with Crippen molar-refractivity contribution in [3.8, 4) is 5.75 Å². The first kappa shape index (κ1) is 18.1. The number of carbonyl (C=O) groups is 1. The molecule has 2 N–H and O–H groups in total. The lowest BCUT2D eigenvalue weighted by Gasteiger charge is -2.44. The van der Waals surface area contributed by atoms with Crippen molar-refractivity contribution in [1.29, 1.82) is 0 Å². The van der Waals surface area contributed by atoms with E-state index in [9.17, 15) is 9.90 Å². The summed E-state index contributed by atoms with van der Waals surface area (Å²) >= 11 is 0. The topological polar surface area (TPSA) is 58.6 Å². The van der Waals surface area contributed by atoms with Gasteiger partial charge in [-0.05, 0) is 67.3 Å². The van der Waals surface area contributed by atoms with Crippen molar-refractivity contribution in [1.82, 2.24) is 5.32 Å². The third kappa shape index (κ3) is 2.92. The molecule has 2 aromatic carbocycles. The largest absolute Gasteiger partial charge is 0.497 e. The molecule has 1 aliphatic carbocycles.